The fourth-order valence-electron chi connectivity index (χ4n) is 4.67. The average molecular weight is 442 g/mol. The number of hydrogen-bond acceptors (Lipinski definition) is 6. The van der Waals surface area contributed by atoms with Gasteiger partial charge in [-0.2, -0.15) is 10.1 Å². The number of carbonyl (C=O) groups excluding carboxylic acids is 1. The van der Waals surface area contributed by atoms with Crippen LogP contribution in [0.25, 0.3) is 0 Å². The molecular formula is C22H28ClN7O. The first-order valence-electron chi connectivity index (χ1n) is 10.3. The van der Waals surface area contributed by atoms with Crippen molar-refractivity contribution in [3.05, 3.63) is 23.6 Å². The summed E-state index contributed by atoms with van der Waals surface area (Å²) in [5, 5.41) is 7.82. The molecule has 9 heteroatoms. The molecule has 0 saturated carbocycles. The molecule has 4 rings (SSSR count). The smallest absolute Gasteiger partial charge is 0.240 e. The lowest BCUT2D eigenvalue weighted by molar-refractivity contribution is -0.137. The van der Waals surface area contributed by atoms with E-state index in [9.17, 15) is 4.79 Å². The molecule has 1 amide bonds. The number of rotatable bonds is 4. The van der Waals surface area contributed by atoms with Crippen LogP contribution in [-0.4, -0.2) is 56.7 Å². The van der Waals surface area contributed by atoms with Crippen molar-refractivity contribution in [1.82, 2.24) is 24.6 Å². The number of amides is 1. The lowest BCUT2D eigenvalue weighted by Crippen LogP contribution is -2.42. The van der Waals surface area contributed by atoms with Gasteiger partial charge in [-0.3, -0.25) is 9.48 Å². The maximum Gasteiger partial charge on any atom is 0.240 e. The minimum absolute atomic E-state index is 0.0152. The van der Waals surface area contributed by atoms with Crippen molar-refractivity contribution in [3.63, 3.8) is 0 Å². The van der Waals surface area contributed by atoms with Crippen molar-refractivity contribution in [2.24, 2.45) is 23.3 Å². The highest BCUT2D eigenvalue weighted by atomic mass is 35.5. The number of nitrogens with zero attached hydrogens (tertiary/aromatic N) is 6. The number of fused-ring (bicyclic) bond motifs is 1. The van der Waals surface area contributed by atoms with Gasteiger partial charge in [0.25, 0.3) is 0 Å². The van der Waals surface area contributed by atoms with E-state index >= 15 is 0 Å². The van der Waals surface area contributed by atoms with Gasteiger partial charge >= 0.3 is 0 Å². The number of aryl methyl sites for hydroxylation is 1. The van der Waals surface area contributed by atoms with Crippen LogP contribution in [0.15, 0.2) is 18.6 Å². The maximum absolute atomic E-state index is 13.0. The predicted molar refractivity (Wildman–Crippen MR) is 121 cm³/mol. The first kappa shape index (κ1) is 21.4. The van der Waals surface area contributed by atoms with E-state index in [1.165, 1.54) is 0 Å². The van der Waals surface area contributed by atoms with Crippen molar-refractivity contribution in [2.45, 2.75) is 27.7 Å². The summed E-state index contributed by atoms with van der Waals surface area (Å²) in [6, 6.07) is 0. The van der Waals surface area contributed by atoms with Crippen molar-refractivity contribution < 1.29 is 4.79 Å². The fraction of sp³-hybridized carbons (Fsp3) is 0.545. The maximum atomic E-state index is 13.0. The minimum Gasteiger partial charge on any atom is -0.354 e. The quantitative estimate of drug-likeness (QED) is 0.735. The van der Waals surface area contributed by atoms with Crippen LogP contribution in [0.5, 0.6) is 0 Å². The van der Waals surface area contributed by atoms with Crippen molar-refractivity contribution in [3.8, 4) is 12.3 Å². The Kier molecular flexibility index (Phi) is 4.93. The molecule has 2 aromatic heterocycles. The van der Waals surface area contributed by atoms with Crippen LogP contribution in [0.4, 0.5) is 17.5 Å². The molecule has 164 valence electrons. The number of terminal acetylenes is 1. The molecule has 31 heavy (non-hydrogen) atoms. The Morgan fingerprint density at radius 1 is 1.23 bits per heavy atom. The zero-order chi connectivity index (χ0) is 22.6. The molecule has 0 radical (unpaired) electrons. The van der Waals surface area contributed by atoms with Gasteiger partial charge in [0, 0.05) is 50.3 Å². The highest BCUT2D eigenvalue weighted by Gasteiger charge is 2.59. The highest BCUT2D eigenvalue weighted by Crippen LogP contribution is 2.53. The zero-order valence-electron chi connectivity index (χ0n) is 18.6. The Morgan fingerprint density at radius 2 is 1.87 bits per heavy atom. The number of aromatic nitrogens is 4. The Hall–Kier alpha value is -2.79. The number of nitrogens with one attached hydrogen (secondary N) is 1. The Balaban J connectivity index is 1.55. The van der Waals surface area contributed by atoms with Crippen LogP contribution in [-0.2, 0) is 11.8 Å². The lowest BCUT2D eigenvalue weighted by Gasteiger charge is -2.29. The molecule has 0 aliphatic carbocycles. The van der Waals surface area contributed by atoms with E-state index in [-0.39, 0.29) is 16.7 Å². The monoisotopic (exact) mass is 441 g/mol. The fourth-order valence-corrected chi connectivity index (χ4v) is 4.88. The van der Waals surface area contributed by atoms with Gasteiger partial charge in [0.05, 0.1) is 18.1 Å². The standard InChI is InChI=1S/C22H28ClN7O/c1-7-20(2,3)18(31)30-13-21(4)11-29(12-22(21,5)14-30)17-16(23)9-24-19(27-17)26-15-8-25-28(6)10-15/h1,8-10H,11-14H2,2-6H3,(H,24,26,27)/t21-,22+. The number of likely N-dealkylation sites (tertiary alicyclic amines) is 1. The molecule has 4 heterocycles. The molecule has 2 aliphatic heterocycles. The third kappa shape index (κ3) is 3.61. The van der Waals surface area contributed by atoms with Gasteiger partial charge in [-0.1, -0.05) is 31.4 Å². The second-order valence-corrected chi connectivity index (χ2v) is 10.2. The van der Waals surface area contributed by atoms with Crippen LogP contribution in [0.1, 0.15) is 27.7 Å². The van der Waals surface area contributed by atoms with Crippen molar-refractivity contribution >= 4 is 35.0 Å². The lowest BCUT2D eigenvalue weighted by atomic mass is 9.71. The van der Waals surface area contributed by atoms with E-state index in [4.69, 9.17) is 18.0 Å². The van der Waals surface area contributed by atoms with Crippen LogP contribution in [0, 0.1) is 28.6 Å². The molecule has 2 atom stereocenters. The number of halogens is 1. The molecule has 8 nitrogen and oxygen atoms in total. The summed E-state index contributed by atoms with van der Waals surface area (Å²) >= 11 is 6.49. The van der Waals surface area contributed by atoms with E-state index in [0.717, 1.165) is 18.8 Å². The molecule has 2 saturated heterocycles. The van der Waals surface area contributed by atoms with Gasteiger partial charge in [-0.25, -0.2) is 4.98 Å². The zero-order valence-corrected chi connectivity index (χ0v) is 19.4. The second-order valence-electron chi connectivity index (χ2n) is 9.80. The summed E-state index contributed by atoms with van der Waals surface area (Å²) in [5.74, 6) is 3.81. The summed E-state index contributed by atoms with van der Waals surface area (Å²) in [6.07, 6.45) is 10.8. The first-order valence-corrected chi connectivity index (χ1v) is 10.6. The number of hydrogen-bond donors (Lipinski definition) is 1. The van der Waals surface area contributed by atoms with Gasteiger partial charge < -0.3 is 15.1 Å². The number of anilines is 3. The van der Waals surface area contributed by atoms with E-state index in [0.29, 0.717) is 29.9 Å². The largest absolute Gasteiger partial charge is 0.354 e. The van der Waals surface area contributed by atoms with Crippen LogP contribution in [0.2, 0.25) is 5.02 Å². The van der Waals surface area contributed by atoms with Crippen molar-refractivity contribution in [2.75, 3.05) is 36.4 Å². The minimum atomic E-state index is -0.798. The van der Waals surface area contributed by atoms with Crippen molar-refractivity contribution in [1.29, 1.82) is 0 Å². The van der Waals surface area contributed by atoms with Gasteiger partial charge in [-0.15, -0.1) is 6.42 Å². The molecule has 2 aliphatic rings. The van der Waals surface area contributed by atoms with E-state index in [1.54, 1.807) is 30.9 Å². The van der Waals surface area contributed by atoms with E-state index < -0.39 is 5.41 Å². The van der Waals surface area contributed by atoms with Gasteiger partial charge in [0.15, 0.2) is 5.82 Å². The highest BCUT2D eigenvalue weighted by molar-refractivity contribution is 6.32. The molecule has 0 spiro atoms. The molecule has 2 aromatic rings. The average Bonchev–Trinajstić information content (AvgIpc) is 3.30. The third-order valence-electron chi connectivity index (χ3n) is 6.79. The van der Waals surface area contributed by atoms with Crippen LogP contribution >= 0.6 is 11.6 Å². The third-order valence-corrected chi connectivity index (χ3v) is 7.05. The normalized spacial score (nSPS) is 25.5. The Morgan fingerprint density at radius 3 is 2.42 bits per heavy atom. The molecular weight excluding hydrogens is 414 g/mol. The molecule has 0 unspecified atom stereocenters. The Labute approximate surface area is 188 Å². The summed E-state index contributed by atoms with van der Waals surface area (Å²) in [6.45, 7) is 10.9. The van der Waals surface area contributed by atoms with Gasteiger partial charge in [-0.05, 0) is 13.8 Å². The van der Waals surface area contributed by atoms with Gasteiger partial charge in [0.2, 0.25) is 11.9 Å². The summed E-state index contributed by atoms with van der Waals surface area (Å²) < 4.78 is 1.71. The predicted octanol–water partition coefficient (Wildman–Crippen LogP) is 2.94. The van der Waals surface area contributed by atoms with E-state index in [2.05, 4.69) is 45.1 Å². The summed E-state index contributed by atoms with van der Waals surface area (Å²) in [7, 11) is 1.85. The van der Waals surface area contributed by atoms with Gasteiger partial charge in [0.1, 0.15) is 10.4 Å². The topological polar surface area (TPSA) is 79.2 Å². The number of carbonyl (C=O) groups is 1. The van der Waals surface area contributed by atoms with Crippen LogP contribution < -0.4 is 10.2 Å². The Bertz CT molecular complexity index is 1050. The molecule has 0 bridgehead atoms. The van der Waals surface area contributed by atoms with Crippen LogP contribution in [0.3, 0.4) is 0 Å². The SMILES string of the molecule is C#CC(C)(C)C(=O)N1C[C@@]2(C)CN(c3nc(Nc4cnn(C)c4)ncc3Cl)C[C@@]2(C)C1. The second kappa shape index (κ2) is 7.13. The molecule has 1 N–H and O–H groups in total. The molecule has 2 fully saturated rings. The first-order chi connectivity index (χ1) is 14.5. The van der Waals surface area contributed by atoms with E-state index in [1.807, 2.05) is 18.1 Å². The summed E-state index contributed by atoms with van der Waals surface area (Å²) in [4.78, 5) is 26.1. The molecule has 0 aromatic carbocycles. The summed E-state index contributed by atoms with van der Waals surface area (Å²) in [5.41, 5.74) is -0.191.